The number of anilines is 1. The predicted octanol–water partition coefficient (Wildman–Crippen LogP) is 4.53. The molecule has 0 aliphatic carbocycles. The van der Waals surface area contributed by atoms with Crippen LogP contribution in [0.3, 0.4) is 0 Å². The second-order valence-electron chi connectivity index (χ2n) is 4.44. The molecule has 2 aromatic carbocycles. The van der Waals surface area contributed by atoms with Crippen LogP contribution in [0.15, 0.2) is 59.0 Å². The van der Waals surface area contributed by atoms with Crippen molar-refractivity contribution < 1.29 is 8.78 Å². The molecule has 6 heteroatoms. The topological polar surface area (TPSA) is 37.3 Å². The van der Waals surface area contributed by atoms with E-state index in [1.54, 1.807) is 0 Å². The summed E-state index contributed by atoms with van der Waals surface area (Å²) in [6, 6.07) is 12.9. The van der Waals surface area contributed by atoms with Gasteiger partial charge >= 0.3 is 0 Å². The number of aromatic nitrogens is 1. The van der Waals surface area contributed by atoms with E-state index in [4.69, 9.17) is 0 Å². The van der Waals surface area contributed by atoms with Gasteiger partial charge in [0.15, 0.2) is 0 Å². The summed E-state index contributed by atoms with van der Waals surface area (Å²) in [5, 5.41) is 6.36. The second kappa shape index (κ2) is 6.44. The molecule has 1 aromatic heterocycles. The first kappa shape index (κ1) is 14.3. The van der Waals surface area contributed by atoms with E-state index < -0.39 is 11.6 Å². The zero-order chi connectivity index (χ0) is 15.4. The molecule has 3 rings (SSSR count). The molecule has 1 N–H and O–H groups in total. The molecule has 0 saturated heterocycles. The molecule has 3 nitrogen and oxygen atoms in total. The van der Waals surface area contributed by atoms with Gasteiger partial charge in [-0.25, -0.2) is 13.8 Å². The fourth-order valence-electron chi connectivity index (χ4n) is 1.84. The number of nitrogens with zero attached hydrogens (tertiary/aromatic N) is 2. The number of hydrogen-bond donors (Lipinski definition) is 1. The van der Waals surface area contributed by atoms with Crippen LogP contribution in [0.1, 0.15) is 5.56 Å². The summed E-state index contributed by atoms with van der Waals surface area (Å²) in [5.41, 5.74) is 4.63. The van der Waals surface area contributed by atoms with E-state index in [1.807, 2.05) is 35.7 Å². The highest BCUT2D eigenvalue weighted by Gasteiger charge is 2.04. The number of benzene rings is 2. The molecule has 0 aliphatic heterocycles. The zero-order valence-electron chi connectivity index (χ0n) is 11.3. The van der Waals surface area contributed by atoms with E-state index in [0.29, 0.717) is 5.13 Å². The van der Waals surface area contributed by atoms with Gasteiger partial charge in [-0.2, -0.15) is 5.10 Å². The van der Waals surface area contributed by atoms with Crippen LogP contribution < -0.4 is 5.43 Å². The molecule has 0 bridgehead atoms. The van der Waals surface area contributed by atoms with Gasteiger partial charge in [0, 0.05) is 16.5 Å². The van der Waals surface area contributed by atoms with E-state index in [-0.39, 0.29) is 5.56 Å². The van der Waals surface area contributed by atoms with Gasteiger partial charge in [-0.1, -0.05) is 30.3 Å². The van der Waals surface area contributed by atoms with Gasteiger partial charge in [-0.3, -0.25) is 5.43 Å². The van der Waals surface area contributed by atoms with Crippen LogP contribution >= 0.6 is 11.3 Å². The van der Waals surface area contributed by atoms with E-state index in [1.165, 1.54) is 17.6 Å². The minimum Gasteiger partial charge on any atom is -0.253 e. The Morgan fingerprint density at radius 2 is 1.91 bits per heavy atom. The minimum absolute atomic E-state index is 0.0762. The third-order valence-corrected chi connectivity index (χ3v) is 3.64. The highest BCUT2D eigenvalue weighted by molar-refractivity contribution is 7.14. The third kappa shape index (κ3) is 3.35. The molecule has 0 fully saturated rings. The minimum atomic E-state index is -0.531. The summed E-state index contributed by atoms with van der Waals surface area (Å²) >= 11 is 1.38. The lowest BCUT2D eigenvalue weighted by atomic mass is 10.2. The molecule has 110 valence electrons. The Bertz CT molecular complexity index is 800. The molecule has 0 unspecified atom stereocenters. The van der Waals surface area contributed by atoms with E-state index in [9.17, 15) is 8.78 Å². The number of hydrogen-bond acceptors (Lipinski definition) is 4. The molecular formula is C16H11F2N3S. The summed E-state index contributed by atoms with van der Waals surface area (Å²) in [7, 11) is 0. The summed E-state index contributed by atoms with van der Waals surface area (Å²) in [6.45, 7) is 0. The molecule has 0 atom stereocenters. The van der Waals surface area contributed by atoms with Gasteiger partial charge in [0.1, 0.15) is 11.6 Å². The maximum Gasteiger partial charge on any atom is 0.203 e. The van der Waals surface area contributed by atoms with Crippen molar-refractivity contribution in [2.24, 2.45) is 5.10 Å². The first-order valence-corrected chi connectivity index (χ1v) is 7.35. The Labute approximate surface area is 130 Å². The number of thiazole rings is 1. The average Bonchev–Trinajstić information content (AvgIpc) is 3.00. The lowest BCUT2D eigenvalue weighted by molar-refractivity contribution is 0.598. The zero-order valence-corrected chi connectivity index (χ0v) is 12.1. The van der Waals surface area contributed by atoms with Crippen molar-refractivity contribution in [3.05, 3.63) is 71.1 Å². The van der Waals surface area contributed by atoms with Crippen molar-refractivity contribution in [1.82, 2.24) is 4.98 Å². The van der Waals surface area contributed by atoms with Crippen molar-refractivity contribution in [2.75, 3.05) is 5.43 Å². The quantitative estimate of drug-likeness (QED) is 0.567. The molecule has 0 aliphatic rings. The Balaban J connectivity index is 1.71. The van der Waals surface area contributed by atoms with Crippen LogP contribution in [0.4, 0.5) is 13.9 Å². The fourth-order valence-corrected chi connectivity index (χ4v) is 2.51. The SMILES string of the molecule is Fc1ccc(F)c(C=NNc2nc(-c3ccccc3)cs2)c1. The summed E-state index contributed by atoms with van der Waals surface area (Å²) in [6.07, 6.45) is 1.22. The number of rotatable bonds is 4. The van der Waals surface area contributed by atoms with Gasteiger partial charge in [0.2, 0.25) is 5.13 Å². The Morgan fingerprint density at radius 1 is 1.09 bits per heavy atom. The van der Waals surface area contributed by atoms with Crippen LogP contribution in [-0.4, -0.2) is 11.2 Å². The van der Waals surface area contributed by atoms with Crippen molar-refractivity contribution in [3.8, 4) is 11.3 Å². The van der Waals surface area contributed by atoms with E-state index in [0.717, 1.165) is 29.5 Å². The highest BCUT2D eigenvalue weighted by Crippen LogP contribution is 2.24. The molecule has 0 spiro atoms. The lowest BCUT2D eigenvalue weighted by Gasteiger charge is -1.97. The molecule has 1 heterocycles. The molecule has 3 aromatic rings. The molecule has 0 saturated carbocycles. The lowest BCUT2D eigenvalue weighted by Crippen LogP contribution is -1.94. The normalized spacial score (nSPS) is 11.0. The number of hydrazone groups is 1. The van der Waals surface area contributed by atoms with Gasteiger partial charge in [0.05, 0.1) is 11.9 Å². The molecule has 0 amide bonds. The largest absolute Gasteiger partial charge is 0.253 e. The Morgan fingerprint density at radius 3 is 2.73 bits per heavy atom. The Kier molecular flexibility index (Phi) is 4.20. The molecule has 0 radical (unpaired) electrons. The van der Waals surface area contributed by atoms with Crippen LogP contribution in [-0.2, 0) is 0 Å². The maximum atomic E-state index is 13.4. The maximum absolute atomic E-state index is 13.4. The van der Waals surface area contributed by atoms with Crippen LogP contribution in [0, 0.1) is 11.6 Å². The standard InChI is InChI=1S/C16H11F2N3S/c17-13-6-7-14(18)12(8-13)9-19-21-16-20-15(10-22-16)11-4-2-1-3-5-11/h1-10H,(H,20,21). The predicted molar refractivity (Wildman–Crippen MR) is 85.1 cm³/mol. The third-order valence-electron chi connectivity index (χ3n) is 2.90. The smallest absolute Gasteiger partial charge is 0.203 e. The van der Waals surface area contributed by atoms with Gasteiger partial charge in [0.25, 0.3) is 0 Å². The van der Waals surface area contributed by atoms with Crippen LogP contribution in [0.2, 0.25) is 0 Å². The summed E-state index contributed by atoms with van der Waals surface area (Å²) < 4.78 is 26.5. The van der Waals surface area contributed by atoms with Crippen molar-refractivity contribution in [2.45, 2.75) is 0 Å². The van der Waals surface area contributed by atoms with E-state index >= 15 is 0 Å². The average molecular weight is 315 g/mol. The van der Waals surface area contributed by atoms with Gasteiger partial charge < -0.3 is 0 Å². The first-order valence-electron chi connectivity index (χ1n) is 6.47. The van der Waals surface area contributed by atoms with Crippen molar-refractivity contribution >= 4 is 22.7 Å². The summed E-state index contributed by atoms with van der Waals surface area (Å²) in [4.78, 5) is 4.38. The van der Waals surface area contributed by atoms with Crippen LogP contribution in [0.5, 0.6) is 0 Å². The Hall–Kier alpha value is -2.60. The van der Waals surface area contributed by atoms with Gasteiger partial charge in [-0.05, 0) is 18.2 Å². The van der Waals surface area contributed by atoms with Crippen LogP contribution in [0.25, 0.3) is 11.3 Å². The van der Waals surface area contributed by atoms with Crippen molar-refractivity contribution in [3.63, 3.8) is 0 Å². The first-order chi connectivity index (χ1) is 10.7. The molecular weight excluding hydrogens is 304 g/mol. The van der Waals surface area contributed by atoms with E-state index in [2.05, 4.69) is 15.5 Å². The monoisotopic (exact) mass is 315 g/mol. The number of nitrogens with one attached hydrogen (secondary N) is 1. The highest BCUT2D eigenvalue weighted by atomic mass is 32.1. The van der Waals surface area contributed by atoms with Gasteiger partial charge in [-0.15, -0.1) is 11.3 Å². The number of halogens is 2. The second-order valence-corrected chi connectivity index (χ2v) is 5.30. The fraction of sp³-hybridized carbons (Fsp3) is 0. The van der Waals surface area contributed by atoms with Crippen molar-refractivity contribution in [1.29, 1.82) is 0 Å². The summed E-state index contributed by atoms with van der Waals surface area (Å²) in [5.74, 6) is -1.04. The molecule has 22 heavy (non-hydrogen) atoms.